The molecule has 0 aliphatic carbocycles. The largest absolute Gasteiger partial charge is 0.489 e. The van der Waals surface area contributed by atoms with Gasteiger partial charge in [0.1, 0.15) is 62.6 Å². The van der Waals surface area contributed by atoms with Crippen LogP contribution in [0.1, 0.15) is 38.9 Å². The summed E-state index contributed by atoms with van der Waals surface area (Å²) in [5.74, 6) is 3.75. The number of rotatable bonds is 19. The molecule has 7 rings (SSSR count). The van der Waals surface area contributed by atoms with Gasteiger partial charge in [-0.3, -0.25) is 0 Å². The van der Waals surface area contributed by atoms with E-state index in [0.717, 1.165) is 33.4 Å². The maximum Gasteiger partial charge on any atom is 0.162 e. The quantitative estimate of drug-likeness (QED) is 0.0883. The number of ether oxygens (including phenoxy) is 6. The summed E-state index contributed by atoms with van der Waals surface area (Å²) in [6, 6.07) is 57.2. The highest BCUT2D eigenvalue weighted by atomic mass is 16.5. The first-order valence-corrected chi connectivity index (χ1v) is 18.6. The van der Waals surface area contributed by atoms with Crippen LogP contribution >= 0.6 is 0 Å². The molecule has 0 spiro atoms. The molecule has 7 aromatic rings. The van der Waals surface area contributed by atoms with Crippen LogP contribution in [0, 0.1) is 0 Å². The predicted octanol–water partition coefficient (Wildman–Crippen LogP) is 10.7. The zero-order valence-corrected chi connectivity index (χ0v) is 31.1. The summed E-state index contributed by atoms with van der Waals surface area (Å²) in [5, 5.41) is 10.1. The predicted molar refractivity (Wildman–Crippen MR) is 217 cm³/mol. The van der Waals surface area contributed by atoms with Gasteiger partial charge in [0, 0.05) is 12.1 Å². The van der Waals surface area contributed by atoms with Crippen molar-refractivity contribution >= 4 is 0 Å². The maximum absolute atomic E-state index is 10.1. The summed E-state index contributed by atoms with van der Waals surface area (Å²) in [6.07, 6.45) is 0. The third kappa shape index (κ3) is 11.4. The van der Waals surface area contributed by atoms with E-state index < -0.39 is 0 Å². The van der Waals surface area contributed by atoms with Gasteiger partial charge in [0.05, 0.1) is 6.61 Å². The van der Waals surface area contributed by atoms with E-state index in [1.807, 2.05) is 176 Å². The van der Waals surface area contributed by atoms with Crippen molar-refractivity contribution in [1.82, 2.24) is 0 Å². The first-order valence-electron chi connectivity index (χ1n) is 18.6. The van der Waals surface area contributed by atoms with Crippen molar-refractivity contribution in [3.05, 3.63) is 215 Å². The van der Waals surface area contributed by atoms with Gasteiger partial charge in [-0.25, -0.2) is 0 Å². The average Bonchev–Trinajstić information content (AvgIpc) is 3.26. The lowest BCUT2D eigenvalue weighted by Gasteiger charge is -2.16. The van der Waals surface area contributed by atoms with Crippen molar-refractivity contribution in [3.8, 4) is 34.5 Å². The van der Waals surface area contributed by atoms with Gasteiger partial charge in [-0.15, -0.1) is 0 Å². The lowest BCUT2D eigenvalue weighted by Crippen LogP contribution is -2.03. The highest BCUT2D eigenvalue weighted by Crippen LogP contribution is 2.32. The highest BCUT2D eigenvalue weighted by Gasteiger charge is 2.12. The van der Waals surface area contributed by atoms with Crippen molar-refractivity contribution in [2.45, 2.75) is 46.2 Å². The Bertz CT molecular complexity index is 2180. The summed E-state index contributed by atoms with van der Waals surface area (Å²) in [7, 11) is 0. The molecule has 0 radical (unpaired) electrons. The fraction of sp³-hybridized carbons (Fsp3) is 0.143. The van der Waals surface area contributed by atoms with E-state index in [0.29, 0.717) is 66.5 Å². The molecule has 0 amide bonds. The van der Waals surface area contributed by atoms with Gasteiger partial charge in [0.2, 0.25) is 0 Å². The van der Waals surface area contributed by atoms with Crippen molar-refractivity contribution in [1.29, 1.82) is 0 Å². The first kappa shape index (κ1) is 37.6. The monoisotopic (exact) mass is 744 g/mol. The molecule has 0 aromatic heterocycles. The Kier molecular flexibility index (Phi) is 13.1. The number of aliphatic hydroxyl groups excluding tert-OH is 1. The number of aliphatic hydroxyl groups is 1. The van der Waals surface area contributed by atoms with Crippen LogP contribution in [-0.2, 0) is 46.2 Å². The zero-order valence-electron chi connectivity index (χ0n) is 31.1. The summed E-state index contributed by atoms with van der Waals surface area (Å²) in [6.45, 7) is 2.00. The minimum Gasteiger partial charge on any atom is -0.489 e. The van der Waals surface area contributed by atoms with Crippen LogP contribution in [0.25, 0.3) is 0 Å². The summed E-state index contributed by atoms with van der Waals surface area (Å²) in [5.41, 5.74) is 6.69. The van der Waals surface area contributed by atoms with Gasteiger partial charge in [0.15, 0.2) is 11.5 Å². The van der Waals surface area contributed by atoms with E-state index >= 15 is 0 Å². The summed E-state index contributed by atoms with van der Waals surface area (Å²) < 4.78 is 37.4. The summed E-state index contributed by atoms with van der Waals surface area (Å²) >= 11 is 0. The van der Waals surface area contributed by atoms with E-state index in [2.05, 4.69) is 0 Å². The fourth-order valence-corrected chi connectivity index (χ4v) is 5.93. The molecule has 1 N–H and O–H groups in total. The molecule has 7 nitrogen and oxygen atoms in total. The second-order valence-electron chi connectivity index (χ2n) is 13.2. The minimum absolute atomic E-state index is 0.168. The second kappa shape index (κ2) is 19.6. The molecule has 282 valence electrons. The minimum atomic E-state index is -0.168. The maximum atomic E-state index is 10.1. The Balaban J connectivity index is 1.03. The number of benzene rings is 7. The van der Waals surface area contributed by atoms with Crippen molar-refractivity contribution < 1.29 is 33.5 Å². The number of hydrogen-bond acceptors (Lipinski definition) is 7. The molecule has 0 unspecified atom stereocenters. The molecule has 0 aliphatic rings. The molecule has 0 saturated carbocycles. The Labute approximate surface area is 328 Å². The van der Waals surface area contributed by atoms with Gasteiger partial charge in [-0.05, 0) is 75.3 Å². The molecule has 0 fully saturated rings. The normalized spacial score (nSPS) is 10.7. The van der Waals surface area contributed by atoms with Crippen molar-refractivity contribution in [2.75, 3.05) is 0 Å². The molecule has 7 heteroatoms. The van der Waals surface area contributed by atoms with Gasteiger partial charge >= 0.3 is 0 Å². The zero-order chi connectivity index (χ0) is 38.2. The first-order chi connectivity index (χ1) is 27.6. The molecule has 0 aliphatic heterocycles. The third-order valence-electron chi connectivity index (χ3n) is 8.85. The van der Waals surface area contributed by atoms with Gasteiger partial charge in [-0.1, -0.05) is 127 Å². The van der Waals surface area contributed by atoms with Crippen LogP contribution in [0.5, 0.6) is 34.5 Å². The Morgan fingerprint density at radius 1 is 0.268 bits per heavy atom. The molecule has 0 heterocycles. The van der Waals surface area contributed by atoms with E-state index in [4.69, 9.17) is 28.4 Å². The van der Waals surface area contributed by atoms with E-state index in [1.165, 1.54) is 0 Å². The third-order valence-corrected chi connectivity index (χ3v) is 8.85. The van der Waals surface area contributed by atoms with Crippen molar-refractivity contribution in [2.24, 2.45) is 0 Å². The average molecular weight is 745 g/mol. The fourth-order valence-electron chi connectivity index (χ4n) is 5.93. The van der Waals surface area contributed by atoms with Gasteiger partial charge in [0.25, 0.3) is 0 Å². The molecule has 7 aromatic carbocycles. The van der Waals surface area contributed by atoms with Crippen molar-refractivity contribution in [3.63, 3.8) is 0 Å². The molecular weight excluding hydrogens is 701 g/mol. The van der Waals surface area contributed by atoms with Crippen LogP contribution in [0.4, 0.5) is 0 Å². The van der Waals surface area contributed by atoms with E-state index in [-0.39, 0.29) is 19.8 Å². The lowest BCUT2D eigenvalue weighted by molar-refractivity contribution is 0.253. The second-order valence-corrected chi connectivity index (χ2v) is 13.2. The molecule has 0 bridgehead atoms. The highest BCUT2D eigenvalue weighted by molar-refractivity contribution is 5.44. The molecule has 0 saturated heterocycles. The topological polar surface area (TPSA) is 75.6 Å². The van der Waals surface area contributed by atoms with Gasteiger partial charge in [-0.2, -0.15) is 0 Å². The Hall–Kier alpha value is -6.70. The molecule has 0 atom stereocenters. The van der Waals surface area contributed by atoms with E-state index in [1.54, 1.807) is 0 Å². The molecular formula is C49H44O7. The SMILES string of the molecule is OCc1cc(OCc2cc(OCc3ccccc3)cc(OCc3ccccc3)c2)cc(OCc2ccc(OCc3ccccc3)c(OCc3ccccc3)c2)c1. The summed E-state index contributed by atoms with van der Waals surface area (Å²) in [4.78, 5) is 0. The smallest absolute Gasteiger partial charge is 0.162 e. The van der Waals surface area contributed by atoms with Gasteiger partial charge < -0.3 is 33.5 Å². The van der Waals surface area contributed by atoms with Crippen LogP contribution in [0.3, 0.4) is 0 Å². The van der Waals surface area contributed by atoms with Crippen LogP contribution in [0.15, 0.2) is 176 Å². The van der Waals surface area contributed by atoms with E-state index in [9.17, 15) is 5.11 Å². The van der Waals surface area contributed by atoms with Crippen LogP contribution in [-0.4, -0.2) is 5.11 Å². The Morgan fingerprint density at radius 3 is 1.02 bits per heavy atom. The lowest BCUT2D eigenvalue weighted by atomic mass is 10.2. The van der Waals surface area contributed by atoms with Crippen LogP contribution in [0.2, 0.25) is 0 Å². The molecule has 56 heavy (non-hydrogen) atoms. The number of hydrogen-bond donors (Lipinski definition) is 1. The van der Waals surface area contributed by atoms with Crippen LogP contribution < -0.4 is 28.4 Å². The standard InChI is InChI=1S/C49H44O7/c50-30-42-23-44(53-35-41-21-22-48(55-33-39-17-9-3-10-18-39)49(27-41)56-34-40-19-11-4-12-20-40)28-45(24-42)54-36-43-25-46(51-31-37-13-5-1-6-14-37)29-47(26-43)52-32-38-15-7-2-8-16-38/h1-29,50H,30-36H2. The Morgan fingerprint density at radius 2 is 0.607 bits per heavy atom.